The van der Waals surface area contributed by atoms with Crippen LogP contribution in [0, 0.1) is 10.1 Å². The minimum absolute atomic E-state index is 0.0153. The fraction of sp³-hybridized carbons (Fsp3) is 0.500. The number of thioether (sulfide) groups is 1. The Morgan fingerprint density at radius 3 is 2.89 bits per heavy atom. The molecule has 0 saturated carbocycles. The molecule has 98 valence electrons. The molecule has 2 rings (SSSR count). The molecule has 1 aromatic rings. The summed E-state index contributed by atoms with van der Waals surface area (Å²) in [6.45, 7) is 0.574. The SMILES string of the molecule is NCC1(Cc2ccc(Br)cc2[N+](=O)[O-])CCCS1. The zero-order valence-corrected chi connectivity index (χ0v) is 12.3. The third kappa shape index (κ3) is 2.87. The molecule has 1 aliphatic heterocycles. The van der Waals surface area contributed by atoms with Gasteiger partial charge in [0.15, 0.2) is 0 Å². The average Bonchev–Trinajstić information content (AvgIpc) is 2.80. The van der Waals surface area contributed by atoms with Gasteiger partial charge in [-0.25, -0.2) is 0 Å². The van der Waals surface area contributed by atoms with Crippen LogP contribution in [0.15, 0.2) is 22.7 Å². The van der Waals surface area contributed by atoms with Gasteiger partial charge in [0.1, 0.15) is 0 Å². The summed E-state index contributed by atoms with van der Waals surface area (Å²) >= 11 is 5.12. The molecular formula is C12H15BrN2O2S. The van der Waals surface area contributed by atoms with Gasteiger partial charge in [-0.3, -0.25) is 10.1 Å². The van der Waals surface area contributed by atoms with Crippen molar-refractivity contribution in [2.24, 2.45) is 5.73 Å². The second-order valence-corrected chi connectivity index (χ2v) is 7.02. The number of rotatable bonds is 4. The van der Waals surface area contributed by atoms with Crippen molar-refractivity contribution in [1.29, 1.82) is 0 Å². The summed E-state index contributed by atoms with van der Waals surface area (Å²) in [6.07, 6.45) is 2.87. The van der Waals surface area contributed by atoms with Crippen molar-refractivity contribution in [2.75, 3.05) is 12.3 Å². The molecule has 1 atom stereocenters. The highest BCUT2D eigenvalue weighted by Gasteiger charge is 2.35. The topological polar surface area (TPSA) is 69.2 Å². The third-order valence-electron chi connectivity index (χ3n) is 3.31. The normalized spacial score (nSPS) is 23.2. The Labute approximate surface area is 119 Å². The Bertz CT molecular complexity index is 461. The number of nitrogens with two attached hydrogens (primary N) is 1. The minimum atomic E-state index is -0.316. The van der Waals surface area contributed by atoms with Crippen molar-refractivity contribution in [1.82, 2.24) is 0 Å². The highest BCUT2D eigenvalue weighted by molar-refractivity contribution is 9.10. The van der Waals surface area contributed by atoms with E-state index >= 15 is 0 Å². The lowest BCUT2D eigenvalue weighted by atomic mass is 9.93. The minimum Gasteiger partial charge on any atom is -0.329 e. The highest BCUT2D eigenvalue weighted by Crippen LogP contribution is 2.41. The molecule has 18 heavy (non-hydrogen) atoms. The van der Waals surface area contributed by atoms with Gasteiger partial charge in [-0.1, -0.05) is 22.0 Å². The first kappa shape index (κ1) is 13.8. The van der Waals surface area contributed by atoms with Gasteiger partial charge < -0.3 is 5.73 Å². The lowest BCUT2D eigenvalue weighted by molar-refractivity contribution is -0.385. The van der Waals surface area contributed by atoms with E-state index in [2.05, 4.69) is 15.9 Å². The van der Waals surface area contributed by atoms with E-state index in [-0.39, 0.29) is 15.4 Å². The van der Waals surface area contributed by atoms with Gasteiger partial charge >= 0.3 is 0 Å². The van der Waals surface area contributed by atoms with Gasteiger partial charge in [0, 0.05) is 27.4 Å². The number of benzene rings is 1. The van der Waals surface area contributed by atoms with Crippen LogP contribution in [0.3, 0.4) is 0 Å². The number of halogens is 1. The summed E-state index contributed by atoms with van der Waals surface area (Å²) in [6, 6.07) is 5.25. The first-order valence-electron chi connectivity index (χ1n) is 5.83. The summed E-state index contributed by atoms with van der Waals surface area (Å²) in [4.78, 5) is 10.8. The molecule has 1 saturated heterocycles. The van der Waals surface area contributed by atoms with E-state index in [0.717, 1.165) is 28.6 Å². The van der Waals surface area contributed by atoms with Gasteiger partial charge in [0.05, 0.1) is 4.92 Å². The molecular weight excluding hydrogens is 316 g/mol. The van der Waals surface area contributed by atoms with Gasteiger partial charge in [-0.05, 0) is 31.1 Å². The van der Waals surface area contributed by atoms with Crippen LogP contribution in [0.1, 0.15) is 18.4 Å². The molecule has 1 aliphatic rings. The zero-order valence-electron chi connectivity index (χ0n) is 9.89. The van der Waals surface area contributed by atoms with Gasteiger partial charge in [-0.2, -0.15) is 11.8 Å². The molecule has 6 heteroatoms. The van der Waals surface area contributed by atoms with Crippen molar-refractivity contribution in [2.45, 2.75) is 24.0 Å². The Balaban J connectivity index is 2.30. The Hall–Kier alpha value is -0.590. The highest BCUT2D eigenvalue weighted by atomic mass is 79.9. The summed E-state index contributed by atoms with van der Waals surface area (Å²) in [5, 5.41) is 11.1. The van der Waals surface area contributed by atoms with Crippen molar-refractivity contribution < 1.29 is 4.92 Å². The van der Waals surface area contributed by atoms with Gasteiger partial charge in [0.25, 0.3) is 5.69 Å². The van der Waals surface area contributed by atoms with E-state index in [0.29, 0.717) is 13.0 Å². The molecule has 0 aliphatic carbocycles. The second kappa shape index (κ2) is 5.59. The molecule has 0 bridgehead atoms. The molecule has 0 amide bonds. The predicted octanol–water partition coefficient (Wildman–Crippen LogP) is 3.12. The maximum absolute atomic E-state index is 11.1. The summed E-state index contributed by atoms with van der Waals surface area (Å²) in [5.74, 6) is 1.10. The first-order valence-corrected chi connectivity index (χ1v) is 7.61. The number of hydrogen-bond donors (Lipinski definition) is 1. The van der Waals surface area contributed by atoms with E-state index in [1.807, 2.05) is 23.9 Å². The van der Waals surface area contributed by atoms with Crippen molar-refractivity contribution in [3.8, 4) is 0 Å². The van der Waals surface area contributed by atoms with E-state index in [1.54, 1.807) is 6.07 Å². The fourth-order valence-electron chi connectivity index (χ4n) is 2.33. The molecule has 0 spiro atoms. The standard InChI is InChI=1S/C12H15BrN2O2S/c13-10-3-2-9(11(6-10)15(16)17)7-12(8-14)4-1-5-18-12/h2-3,6H,1,4-5,7-8,14H2. The molecule has 0 radical (unpaired) electrons. The third-order valence-corrected chi connectivity index (χ3v) is 5.43. The van der Waals surface area contributed by atoms with Crippen LogP contribution in [0.5, 0.6) is 0 Å². The molecule has 1 aromatic carbocycles. The van der Waals surface area contributed by atoms with E-state index in [4.69, 9.17) is 5.73 Å². The van der Waals surface area contributed by atoms with Crippen LogP contribution < -0.4 is 5.73 Å². The van der Waals surface area contributed by atoms with Crippen LogP contribution in [0.25, 0.3) is 0 Å². The van der Waals surface area contributed by atoms with Crippen LogP contribution in [0.4, 0.5) is 5.69 Å². The largest absolute Gasteiger partial charge is 0.329 e. The second-order valence-electron chi connectivity index (χ2n) is 4.55. The lowest BCUT2D eigenvalue weighted by Crippen LogP contribution is -2.34. The Morgan fingerprint density at radius 1 is 1.56 bits per heavy atom. The van der Waals surface area contributed by atoms with Crippen LogP contribution in [0.2, 0.25) is 0 Å². The Morgan fingerprint density at radius 2 is 2.33 bits per heavy atom. The molecule has 0 aromatic heterocycles. The smallest absolute Gasteiger partial charge is 0.273 e. The maximum Gasteiger partial charge on any atom is 0.273 e. The van der Waals surface area contributed by atoms with Crippen LogP contribution in [-0.2, 0) is 6.42 Å². The molecule has 1 unspecified atom stereocenters. The van der Waals surface area contributed by atoms with E-state index in [1.165, 1.54) is 0 Å². The summed E-state index contributed by atoms with van der Waals surface area (Å²) in [7, 11) is 0. The van der Waals surface area contributed by atoms with Crippen LogP contribution >= 0.6 is 27.7 Å². The molecule has 2 N–H and O–H groups in total. The van der Waals surface area contributed by atoms with E-state index in [9.17, 15) is 10.1 Å². The van der Waals surface area contributed by atoms with Gasteiger partial charge in [0.2, 0.25) is 0 Å². The molecule has 4 nitrogen and oxygen atoms in total. The molecule has 1 fully saturated rings. The lowest BCUT2D eigenvalue weighted by Gasteiger charge is -2.26. The number of nitro groups is 1. The van der Waals surface area contributed by atoms with Crippen molar-refractivity contribution in [3.63, 3.8) is 0 Å². The molecule has 1 heterocycles. The fourth-order valence-corrected chi connectivity index (χ4v) is 4.07. The van der Waals surface area contributed by atoms with E-state index < -0.39 is 0 Å². The van der Waals surface area contributed by atoms with Crippen LogP contribution in [-0.4, -0.2) is 22.0 Å². The van der Waals surface area contributed by atoms with Crippen molar-refractivity contribution in [3.05, 3.63) is 38.3 Å². The summed E-state index contributed by atoms with van der Waals surface area (Å²) in [5.41, 5.74) is 6.84. The van der Waals surface area contributed by atoms with Crippen molar-refractivity contribution >= 4 is 33.4 Å². The van der Waals surface area contributed by atoms with Gasteiger partial charge in [-0.15, -0.1) is 0 Å². The Kier molecular flexibility index (Phi) is 4.29. The monoisotopic (exact) mass is 330 g/mol. The number of nitro benzene ring substituents is 1. The summed E-state index contributed by atoms with van der Waals surface area (Å²) < 4.78 is 0.720. The quantitative estimate of drug-likeness (QED) is 0.680. The zero-order chi connectivity index (χ0) is 13.2. The maximum atomic E-state index is 11.1. The number of hydrogen-bond acceptors (Lipinski definition) is 4. The first-order chi connectivity index (χ1) is 8.56. The number of nitrogens with zero attached hydrogens (tertiary/aromatic N) is 1. The average molecular weight is 331 g/mol. The predicted molar refractivity (Wildman–Crippen MR) is 78.0 cm³/mol.